The molecular formula is C26H27NO5. The van der Waals surface area contributed by atoms with Crippen molar-refractivity contribution < 1.29 is 23.7 Å². The van der Waals surface area contributed by atoms with Crippen molar-refractivity contribution in [2.45, 2.75) is 18.9 Å². The SMILES string of the molecule is O=C(Nc1ccccc1OCC1CCCO1)c1ccc(OCCOc2ccccc2)cc1. The fraction of sp³-hybridized carbons (Fsp3) is 0.269. The molecule has 3 aromatic rings. The Kier molecular flexibility index (Phi) is 7.60. The van der Waals surface area contributed by atoms with E-state index in [1.54, 1.807) is 24.3 Å². The topological polar surface area (TPSA) is 66.0 Å². The van der Waals surface area contributed by atoms with Crippen molar-refractivity contribution in [3.05, 3.63) is 84.4 Å². The van der Waals surface area contributed by atoms with Gasteiger partial charge in [-0.25, -0.2) is 0 Å². The average molecular weight is 434 g/mol. The zero-order valence-corrected chi connectivity index (χ0v) is 17.9. The smallest absolute Gasteiger partial charge is 0.255 e. The van der Waals surface area contributed by atoms with Gasteiger partial charge in [-0.05, 0) is 61.4 Å². The third-order valence-corrected chi connectivity index (χ3v) is 5.06. The lowest BCUT2D eigenvalue weighted by Crippen LogP contribution is -2.18. The number of carbonyl (C=O) groups excluding carboxylic acids is 1. The van der Waals surface area contributed by atoms with Gasteiger partial charge >= 0.3 is 0 Å². The lowest BCUT2D eigenvalue weighted by Gasteiger charge is -2.15. The van der Waals surface area contributed by atoms with Crippen LogP contribution in [0.5, 0.6) is 17.2 Å². The van der Waals surface area contributed by atoms with Crippen molar-refractivity contribution in [2.24, 2.45) is 0 Å². The molecule has 0 aromatic heterocycles. The van der Waals surface area contributed by atoms with Crippen LogP contribution in [0.4, 0.5) is 5.69 Å². The van der Waals surface area contributed by atoms with Gasteiger partial charge in [0.15, 0.2) is 0 Å². The molecule has 6 nitrogen and oxygen atoms in total. The van der Waals surface area contributed by atoms with E-state index in [4.69, 9.17) is 18.9 Å². The number of benzene rings is 3. The highest BCUT2D eigenvalue weighted by molar-refractivity contribution is 6.05. The van der Waals surface area contributed by atoms with Gasteiger partial charge in [-0.3, -0.25) is 4.79 Å². The molecule has 4 rings (SSSR count). The highest BCUT2D eigenvalue weighted by Crippen LogP contribution is 2.26. The van der Waals surface area contributed by atoms with Gasteiger partial charge in [-0.1, -0.05) is 30.3 Å². The van der Waals surface area contributed by atoms with Crippen LogP contribution in [0.15, 0.2) is 78.9 Å². The summed E-state index contributed by atoms with van der Waals surface area (Å²) in [4.78, 5) is 12.7. The Bertz CT molecular complexity index is 985. The quantitative estimate of drug-likeness (QED) is 0.458. The molecule has 1 aliphatic rings. The molecule has 0 saturated carbocycles. The minimum Gasteiger partial charge on any atom is -0.490 e. The van der Waals surface area contributed by atoms with Gasteiger partial charge in [0.2, 0.25) is 0 Å². The Hall–Kier alpha value is -3.51. The number of amides is 1. The number of hydrogen-bond acceptors (Lipinski definition) is 5. The van der Waals surface area contributed by atoms with Crippen molar-refractivity contribution in [2.75, 3.05) is 31.7 Å². The highest BCUT2D eigenvalue weighted by Gasteiger charge is 2.17. The predicted molar refractivity (Wildman–Crippen MR) is 123 cm³/mol. The van der Waals surface area contributed by atoms with Crippen LogP contribution in [-0.2, 0) is 4.74 Å². The number of ether oxygens (including phenoxy) is 4. The van der Waals surface area contributed by atoms with E-state index in [9.17, 15) is 4.79 Å². The zero-order chi connectivity index (χ0) is 22.0. The Morgan fingerprint density at radius 1 is 0.844 bits per heavy atom. The Morgan fingerprint density at radius 3 is 2.25 bits per heavy atom. The van der Waals surface area contributed by atoms with Crippen molar-refractivity contribution in [3.63, 3.8) is 0 Å². The van der Waals surface area contributed by atoms with Gasteiger partial charge in [0.05, 0.1) is 11.8 Å². The first-order valence-corrected chi connectivity index (χ1v) is 10.8. The third-order valence-electron chi connectivity index (χ3n) is 5.06. The minimum absolute atomic E-state index is 0.115. The molecule has 1 N–H and O–H groups in total. The van der Waals surface area contributed by atoms with Crippen molar-refractivity contribution in [1.29, 1.82) is 0 Å². The number of para-hydroxylation sites is 3. The Balaban J connectivity index is 1.26. The average Bonchev–Trinajstić information content (AvgIpc) is 3.36. The van der Waals surface area contributed by atoms with Crippen LogP contribution in [0.1, 0.15) is 23.2 Å². The third kappa shape index (κ3) is 6.25. The second-order valence-electron chi connectivity index (χ2n) is 7.43. The summed E-state index contributed by atoms with van der Waals surface area (Å²) in [7, 11) is 0. The Morgan fingerprint density at radius 2 is 1.53 bits per heavy atom. The van der Waals surface area contributed by atoms with E-state index in [1.165, 1.54) is 0 Å². The molecule has 1 atom stereocenters. The largest absolute Gasteiger partial charge is 0.490 e. The number of nitrogens with one attached hydrogen (secondary N) is 1. The Labute approximate surface area is 188 Å². The van der Waals surface area contributed by atoms with E-state index in [-0.39, 0.29) is 12.0 Å². The molecule has 1 amide bonds. The number of hydrogen-bond donors (Lipinski definition) is 1. The van der Waals surface area contributed by atoms with Crippen LogP contribution >= 0.6 is 0 Å². The highest BCUT2D eigenvalue weighted by atomic mass is 16.5. The molecule has 0 bridgehead atoms. The van der Waals surface area contributed by atoms with Gasteiger partial charge in [0.25, 0.3) is 5.91 Å². The van der Waals surface area contributed by atoms with Gasteiger partial charge in [-0.15, -0.1) is 0 Å². The summed E-state index contributed by atoms with van der Waals surface area (Å²) >= 11 is 0. The van der Waals surface area contributed by atoms with Crippen LogP contribution in [0.3, 0.4) is 0 Å². The van der Waals surface area contributed by atoms with E-state index >= 15 is 0 Å². The zero-order valence-electron chi connectivity index (χ0n) is 17.9. The summed E-state index contributed by atoms with van der Waals surface area (Å²) in [6.45, 7) is 2.11. The fourth-order valence-corrected chi connectivity index (χ4v) is 3.39. The summed E-state index contributed by atoms with van der Waals surface area (Å²) in [5.41, 5.74) is 1.17. The molecule has 6 heteroatoms. The van der Waals surface area contributed by atoms with Crippen molar-refractivity contribution >= 4 is 11.6 Å². The monoisotopic (exact) mass is 433 g/mol. The van der Waals surface area contributed by atoms with Crippen molar-refractivity contribution in [3.8, 4) is 17.2 Å². The molecule has 1 unspecified atom stereocenters. The van der Waals surface area contributed by atoms with Crippen LogP contribution in [0, 0.1) is 0 Å². The van der Waals surface area contributed by atoms with E-state index < -0.39 is 0 Å². The molecule has 3 aromatic carbocycles. The first-order valence-electron chi connectivity index (χ1n) is 10.8. The summed E-state index contributed by atoms with van der Waals surface area (Å²) in [6, 6.07) is 24.0. The lowest BCUT2D eigenvalue weighted by molar-refractivity contribution is 0.0682. The van der Waals surface area contributed by atoms with Crippen molar-refractivity contribution in [1.82, 2.24) is 0 Å². The van der Waals surface area contributed by atoms with Crippen LogP contribution in [0.2, 0.25) is 0 Å². The molecule has 0 spiro atoms. The predicted octanol–water partition coefficient (Wildman–Crippen LogP) is 4.95. The summed E-state index contributed by atoms with van der Waals surface area (Å²) in [6.07, 6.45) is 2.18. The first-order chi connectivity index (χ1) is 15.8. The number of anilines is 1. The van der Waals surface area contributed by atoms with E-state index in [2.05, 4.69) is 5.32 Å². The number of rotatable bonds is 10. The second kappa shape index (κ2) is 11.2. The molecule has 32 heavy (non-hydrogen) atoms. The standard InChI is InChI=1S/C26H27NO5/c28-26(27-24-10-4-5-11-25(24)32-19-23-9-6-16-29-23)20-12-14-22(15-13-20)31-18-17-30-21-7-2-1-3-8-21/h1-5,7-8,10-15,23H,6,9,16-19H2,(H,27,28). The lowest BCUT2D eigenvalue weighted by atomic mass is 10.2. The molecule has 166 valence electrons. The normalized spacial score (nSPS) is 15.2. The van der Waals surface area contributed by atoms with Gasteiger partial charge in [-0.2, -0.15) is 0 Å². The maximum atomic E-state index is 12.7. The summed E-state index contributed by atoms with van der Waals surface area (Å²) < 4.78 is 22.8. The summed E-state index contributed by atoms with van der Waals surface area (Å²) in [5, 5.41) is 2.93. The molecule has 1 aliphatic heterocycles. The van der Waals surface area contributed by atoms with Crippen LogP contribution in [0.25, 0.3) is 0 Å². The molecule has 1 saturated heterocycles. The molecule has 1 heterocycles. The van der Waals surface area contributed by atoms with Gasteiger partial charge in [0.1, 0.15) is 37.1 Å². The summed E-state index contributed by atoms with van der Waals surface area (Å²) in [5.74, 6) is 1.91. The molecule has 0 radical (unpaired) electrons. The van der Waals surface area contributed by atoms with E-state index in [0.29, 0.717) is 42.6 Å². The first kappa shape index (κ1) is 21.7. The molecular weight excluding hydrogens is 406 g/mol. The van der Waals surface area contributed by atoms with E-state index in [0.717, 1.165) is 25.2 Å². The maximum Gasteiger partial charge on any atom is 0.255 e. The minimum atomic E-state index is -0.211. The number of carbonyl (C=O) groups is 1. The second-order valence-corrected chi connectivity index (χ2v) is 7.43. The fourth-order valence-electron chi connectivity index (χ4n) is 3.39. The maximum absolute atomic E-state index is 12.7. The van der Waals surface area contributed by atoms with Crippen LogP contribution < -0.4 is 19.5 Å². The van der Waals surface area contributed by atoms with Gasteiger partial charge in [0, 0.05) is 12.2 Å². The van der Waals surface area contributed by atoms with E-state index in [1.807, 2.05) is 54.6 Å². The molecule has 0 aliphatic carbocycles. The molecule has 1 fully saturated rings. The van der Waals surface area contributed by atoms with Crippen LogP contribution in [-0.4, -0.2) is 38.4 Å². The van der Waals surface area contributed by atoms with Gasteiger partial charge < -0.3 is 24.3 Å².